The van der Waals surface area contributed by atoms with E-state index in [2.05, 4.69) is 38.1 Å². The van der Waals surface area contributed by atoms with Crippen LogP contribution in [-0.2, 0) is 0 Å². The Morgan fingerprint density at radius 2 is 0.789 bits per heavy atom. The van der Waals surface area contributed by atoms with Gasteiger partial charge in [0.25, 0.3) is 0 Å². The Morgan fingerprint density at radius 3 is 0.895 bits per heavy atom. The molecule has 0 saturated carbocycles. The summed E-state index contributed by atoms with van der Waals surface area (Å²) >= 11 is 0. The lowest BCUT2D eigenvalue weighted by Gasteiger charge is -1.82. The average molecular weight is 264 g/mol. The third-order valence-electron chi connectivity index (χ3n) is 1.88. The normalized spacial score (nSPS) is 7.05. The Hall–Kier alpha value is -1.64. The summed E-state index contributed by atoms with van der Waals surface area (Å²) in [6, 6.07) is 20.5. The molecule has 0 aliphatic rings. The van der Waals surface area contributed by atoms with Crippen molar-refractivity contribution in [2.45, 2.75) is 27.7 Å². The van der Waals surface area contributed by atoms with Crippen LogP contribution < -0.4 is 0 Å². The van der Waals surface area contributed by atoms with Crippen molar-refractivity contribution in [1.82, 2.24) is 0 Å². The summed E-state index contributed by atoms with van der Waals surface area (Å²) in [6.45, 7) is 8.17. The highest BCUT2D eigenvalue weighted by Crippen LogP contribution is 1.92. The number of hydrogen-bond donors (Lipinski definition) is 1. The third-order valence-corrected chi connectivity index (χ3v) is 1.88. The number of hydrogen-bond acceptors (Lipinski definition) is 1. The second-order valence-electron chi connectivity index (χ2n) is 3.31. The highest BCUT2D eigenvalue weighted by Gasteiger charge is 1.72. The van der Waals surface area contributed by atoms with E-state index in [0.717, 1.165) is 7.11 Å². The van der Waals surface area contributed by atoms with Gasteiger partial charge in [0.05, 0.1) is 0 Å². The minimum absolute atomic E-state index is 0. The molecule has 2 aromatic carbocycles. The molecular weight excluding hydrogens is 236 g/mol. The monoisotopic (exact) mass is 264 g/mol. The third kappa shape index (κ3) is 16.4. The molecule has 0 heterocycles. The van der Waals surface area contributed by atoms with Crippen LogP contribution in [0.25, 0.3) is 0 Å². The summed E-state index contributed by atoms with van der Waals surface area (Å²) in [5.74, 6) is 0. The molecule has 19 heavy (non-hydrogen) atoms. The molecule has 0 aromatic heterocycles. The van der Waals surface area contributed by atoms with Crippen LogP contribution in [0.2, 0.25) is 0 Å². The van der Waals surface area contributed by atoms with Gasteiger partial charge in [0.15, 0.2) is 0 Å². The van der Waals surface area contributed by atoms with Gasteiger partial charge in [-0.1, -0.05) is 85.6 Å². The van der Waals surface area contributed by atoms with Gasteiger partial charge < -0.3 is 10.6 Å². The van der Waals surface area contributed by atoms with Crippen molar-refractivity contribution in [1.29, 1.82) is 0 Å². The van der Waals surface area contributed by atoms with E-state index in [1.54, 1.807) is 0 Å². The molecule has 108 valence electrons. The molecule has 0 aliphatic carbocycles. The lowest BCUT2D eigenvalue weighted by Crippen LogP contribution is -1.62. The summed E-state index contributed by atoms with van der Waals surface area (Å²) in [5.41, 5.74) is 2.64. The second kappa shape index (κ2) is 18.7. The summed E-state index contributed by atoms with van der Waals surface area (Å²) in [6.07, 6.45) is 0. The molecule has 3 N–H and O–H groups in total. The van der Waals surface area contributed by atoms with Crippen molar-refractivity contribution in [3.63, 3.8) is 0 Å². The number of rotatable bonds is 0. The van der Waals surface area contributed by atoms with Gasteiger partial charge in [0, 0.05) is 7.11 Å². The highest BCUT2D eigenvalue weighted by molar-refractivity contribution is 5.12. The smallest absolute Gasteiger partial charge is 0.0319 e. The fourth-order valence-electron chi connectivity index (χ4n) is 1.07. The van der Waals surface area contributed by atoms with E-state index >= 15 is 0 Å². The molecule has 2 heteroatoms. The Bertz CT molecular complexity index is 307. The van der Waals surface area contributed by atoms with Crippen LogP contribution >= 0.6 is 0 Å². The summed E-state index contributed by atoms with van der Waals surface area (Å²) in [4.78, 5) is 0. The Labute approximate surface area is 118 Å². The van der Waals surface area contributed by atoms with Crippen LogP contribution in [-0.4, -0.2) is 17.7 Å². The largest absolute Gasteiger partial charge is 0.412 e. The average Bonchev–Trinajstić information content (AvgIpc) is 2.46. The summed E-state index contributed by atoms with van der Waals surface area (Å²) in [5, 5.41) is 7.00. The maximum atomic E-state index is 7.00. The van der Waals surface area contributed by atoms with Gasteiger partial charge in [-0.2, -0.15) is 0 Å². The number of benzene rings is 2. The standard InChI is InChI=1S/2C7H8.C2H6.CH4O.H2O/c2*1-7-5-3-2-4-6-7;2*1-2;/h2*2-6H,1H3;1-2H3;2H,1H3;1H2. The molecule has 2 rings (SSSR count). The van der Waals surface area contributed by atoms with Crippen molar-refractivity contribution in [3.8, 4) is 0 Å². The molecule has 0 fully saturated rings. The molecule has 2 nitrogen and oxygen atoms in total. The van der Waals surface area contributed by atoms with E-state index in [1.807, 2.05) is 50.2 Å². The lowest BCUT2D eigenvalue weighted by molar-refractivity contribution is 0.399. The predicted molar refractivity (Wildman–Crippen MR) is 85.5 cm³/mol. The van der Waals surface area contributed by atoms with Crippen molar-refractivity contribution < 1.29 is 10.6 Å². The van der Waals surface area contributed by atoms with Crippen LogP contribution in [0.15, 0.2) is 60.7 Å². The molecule has 0 saturated heterocycles. The SMILES string of the molecule is CC.CO.Cc1ccccc1.Cc1ccccc1.O. The van der Waals surface area contributed by atoms with Crippen LogP contribution in [0.1, 0.15) is 25.0 Å². The number of aliphatic hydroxyl groups is 1. The fourth-order valence-corrected chi connectivity index (χ4v) is 1.07. The first kappa shape index (κ1) is 22.5. The summed E-state index contributed by atoms with van der Waals surface area (Å²) < 4.78 is 0. The van der Waals surface area contributed by atoms with E-state index in [9.17, 15) is 0 Å². The van der Waals surface area contributed by atoms with Gasteiger partial charge in [-0.3, -0.25) is 0 Å². The van der Waals surface area contributed by atoms with Gasteiger partial charge in [0.2, 0.25) is 0 Å². The molecule has 0 spiro atoms. The zero-order chi connectivity index (χ0) is 14.2. The van der Waals surface area contributed by atoms with Crippen LogP contribution in [0.3, 0.4) is 0 Å². The van der Waals surface area contributed by atoms with Crippen LogP contribution in [0.4, 0.5) is 0 Å². The molecule has 0 radical (unpaired) electrons. The van der Waals surface area contributed by atoms with E-state index in [0.29, 0.717) is 0 Å². The van der Waals surface area contributed by atoms with Crippen LogP contribution in [0.5, 0.6) is 0 Å². The predicted octanol–water partition coefficient (Wildman–Crippen LogP) is 3.80. The van der Waals surface area contributed by atoms with Gasteiger partial charge in [-0.05, 0) is 13.8 Å². The Kier molecular flexibility index (Phi) is 22.2. The van der Waals surface area contributed by atoms with Crippen molar-refractivity contribution in [3.05, 3.63) is 71.8 Å². The quantitative estimate of drug-likeness (QED) is 0.773. The zero-order valence-corrected chi connectivity index (χ0v) is 12.7. The molecule has 0 amide bonds. The molecule has 0 aliphatic heterocycles. The van der Waals surface area contributed by atoms with Gasteiger partial charge in [-0.15, -0.1) is 0 Å². The lowest BCUT2D eigenvalue weighted by atomic mass is 10.2. The first-order valence-electron chi connectivity index (χ1n) is 6.27. The van der Waals surface area contributed by atoms with Crippen molar-refractivity contribution in [2.24, 2.45) is 0 Å². The molecule has 0 unspecified atom stereocenters. The molecular formula is C17H28O2. The first-order chi connectivity index (χ1) is 8.79. The van der Waals surface area contributed by atoms with Gasteiger partial charge in [0.1, 0.15) is 0 Å². The van der Waals surface area contributed by atoms with Crippen molar-refractivity contribution in [2.75, 3.05) is 7.11 Å². The maximum Gasteiger partial charge on any atom is 0.0319 e. The second-order valence-corrected chi connectivity index (χ2v) is 3.31. The summed E-state index contributed by atoms with van der Waals surface area (Å²) in [7, 11) is 1.00. The Balaban J connectivity index is -0.000000205. The Morgan fingerprint density at radius 1 is 0.579 bits per heavy atom. The van der Waals surface area contributed by atoms with Crippen LogP contribution in [0, 0.1) is 13.8 Å². The molecule has 0 atom stereocenters. The maximum absolute atomic E-state index is 7.00. The topological polar surface area (TPSA) is 51.7 Å². The fraction of sp³-hybridized carbons (Fsp3) is 0.294. The number of aryl methyl sites for hydroxylation is 2. The van der Waals surface area contributed by atoms with E-state index in [-0.39, 0.29) is 5.48 Å². The van der Waals surface area contributed by atoms with Crippen molar-refractivity contribution >= 4 is 0 Å². The number of aliphatic hydroxyl groups excluding tert-OH is 1. The zero-order valence-electron chi connectivity index (χ0n) is 12.7. The minimum atomic E-state index is 0. The van der Waals surface area contributed by atoms with Gasteiger partial charge in [-0.25, -0.2) is 0 Å². The van der Waals surface area contributed by atoms with E-state index < -0.39 is 0 Å². The molecule has 2 aromatic rings. The minimum Gasteiger partial charge on any atom is -0.412 e. The highest BCUT2D eigenvalue weighted by atomic mass is 16.2. The van der Waals surface area contributed by atoms with E-state index in [1.165, 1.54) is 11.1 Å². The first-order valence-corrected chi connectivity index (χ1v) is 6.27. The molecule has 0 bridgehead atoms. The van der Waals surface area contributed by atoms with E-state index in [4.69, 9.17) is 5.11 Å². The van der Waals surface area contributed by atoms with Gasteiger partial charge >= 0.3 is 0 Å².